The summed E-state index contributed by atoms with van der Waals surface area (Å²) in [5.74, 6) is 1.87. The molecule has 2 heteroatoms. The first kappa shape index (κ1) is 16.0. The number of hydrogen-bond donors (Lipinski definition) is 0. The molecule has 0 bridgehead atoms. The Morgan fingerprint density at radius 3 is 2.43 bits per heavy atom. The van der Waals surface area contributed by atoms with Gasteiger partial charge < -0.3 is 4.90 Å². The fraction of sp³-hybridized carbons (Fsp3) is 0.476. The smallest absolute Gasteiger partial charge is 0.258 e. The highest BCUT2D eigenvalue weighted by molar-refractivity contribution is 6.12. The molecule has 1 saturated heterocycles. The van der Waals surface area contributed by atoms with E-state index >= 15 is 0 Å². The molecule has 0 aromatic heterocycles. The van der Waals surface area contributed by atoms with E-state index < -0.39 is 0 Å². The topological polar surface area (TPSA) is 20.3 Å². The number of allylic oxidation sites excluding steroid dienone is 2. The lowest BCUT2D eigenvalue weighted by atomic mass is 9.86. The maximum Gasteiger partial charge on any atom is 0.258 e. The molecule has 1 aliphatic heterocycles. The zero-order valence-electron chi connectivity index (χ0n) is 14.7. The van der Waals surface area contributed by atoms with Gasteiger partial charge in [0, 0.05) is 11.3 Å². The van der Waals surface area contributed by atoms with Crippen molar-refractivity contribution in [1.82, 2.24) is 0 Å². The molecule has 1 heterocycles. The number of benzene rings is 1. The highest BCUT2D eigenvalue weighted by Crippen LogP contribution is 2.35. The van der Waals surface area contributed by atoms with Crippen molar-refractivity contribution in [1.29, 1.82) is 0 Å². The van der Waals surface area contributed by atoms with Gasteiger partial charge in [0.1, 0.15) is 0 Å². The van der Waals surface area contributed by atoms with Gasteiger partial charge in [0.25, 0.3) is 5.91 Å². The molecule has 1 aliphatic carbocycles. The van der Waals surface area contributed by atoms with Gasteiger partial charge in [-0.25, -0.2) is 0 Å². The van der Waals surface area contributed by atoms with Gasteiger partial charge >= 0.3 is 0 Å². The number of hydrogen-bond acceptors (Lipinski definition) is 1. The molecule has 0 N–H and O–H groups in total. The third kappa shape index (κ3) is 3.26. The second-order valence-corrected chi connectivity index (χ2v) is 7.57. The third-order valence-electron chi connectivity index (χ3n) is 4.86. The number of anilines is 1. The van der Waals surface area contributed by atoms with Gasteiger partial charge in [-0.3, -0.25) is 4.79 Å². The largest absolute Gasteiger partial charge is 0.304 e. The van der Waals surface area contributed by atoms with Gasteiger partial charge in [0.15, 0.2) is 0 Å². The van der Waals surface area contributed by atoms with Crippen molar-refractivity contribution in [3.8, 4) is 0 Å². The highest BCUT2D eigenvalue weighted by atomic mass is 16.2. The Kier molecular flexibility index (Phi) is 4.43. The molecule has 1 aromatic rings. The van der Waals surface area contributed by atoms with Crippen LogP contribution >= 0.6 is 0 Å². The number of carbonyl (C=O) groups excluding carboxylic acids is 1. The lowest BCUT2D eigenvalue weighted by Gasteiger charge is -2.18. The molecule has 0 spiro atoms. The first-order valence-electron chi connectivity index (χ1n) is 8.78. The lowest BCUT2D eigenvalue weighted by molar-refractivity contribution is -0.114. The molecule has 2 aliphatic rings. The van der Waals surface area contributed by atoms with Crippen LogP contribution in [0, 0.1) is 11.8 Å². The van der Waals surface area contributed by atoms with Gasteiger partial charge in [-0.1, -0.05) is 52.0 Å². The van der Waals surface area contributed by atoms with Crippen LogP contribution in [0.25, 0.3) is 0 Å². The van der Waals surface area contributed by atoms with Crippen molar-refractivity contribution in [2.45, 2.75) is 46.5 Å². The highest BCUT2D eigenvalue weighted by Gasteiger charge is 2.33. The summed E-state index contributed by atoms with van der Waals surface area (Å²) >= 11 is 0. The second kappa shape index (κ2) is 6.35. The Balaban J connectivity index is 1.81. The first-order valence-corrected chi connectivity index (χ1v) is 8.78. The molecule has 23 heavy (non-hydrogen) atoms. The summed E-state index contributed by atoms with van der Waals surface area (Å²) in [4.78, 5) is 14.7. The van der Waals surface area contributed by atoms with Crippen LogP contribution in [0.3, 0.4) is 0 Å². The van der Waals surface area contributed by atoms with Crippen LogP contribution < -0.4 is 4.90 Å². The number of fused-ring (bicyclic) bond motifs is 1. The van der Waals surface area contributed by atoms with E-state index in [1.165, 1.54) is 11.1 Å². The molecule has 1 atom stereocenters. The van der Waals surface area contributed by atoms with Gasteiger partial charge in [0.05, 0.1) is 6.54 Å². The van der Waals surface area contributed by atoms with Crippen LogP contribution in [0.1, 0.15) is 52.0 Å². The van der Waals surface area contributed by atoms with Crippen molar-refractivity contribution < 1.29 is 4.79 Å². The van der Waals surface area contributed by atoms with Gasteiger partial charge in [-0.2, -0.15) is 0 Å². The fourth-order valence-corrected chi connectivity index (χ4v) is 3.58. The van der Waals surface area contributed by atoms with Crippen LogP contribution in [0.15, 0.2) is 47.6 Å². The van der Waals surface area contributed by atoms with Gasteiger partial charge in [-0.15, -0.1) is 0 Å². The number of carbonyl (C=O) groups is 1. The molecule has 1 aromatic carbocycles. The van der Waals surface area contributed by atoms with Crippen LogP contribution in [0.4, 0.5) is 5.69 Å². The van der Waals surface area contributed by atoms with Crippen molar-refractivity contribution in [2.24, 2.45) is 11.8 Å². The first-order chi connectivity index (χ1) is 11.0. The third-order valence-corrected chi connectivity index (χ3v) is 4.86. The van der Waals surface area contributed by atoms with Gasteiger partial charge in [0.2, 0.25) is 0 Å². The summed E-state index contributed by atoms with van der Waals surface area (Å²) < 4.78 is 0. The van der Waals surface area contributed by atoms with E-state index in [2.05, 4.69) is 64.1 Å². The summed E-state index contributed by atoms with van der Waals surface area (Å²) in [5, 5.41) is 0. The van der Waals surface area contributed by atoms with Crippen molar-refractivity contribution in [3.63, 3.8) is 0 Å². The fourth-order valence-electron chi connectivity index (χ4n) is 3.58. The maximum atomic E-state index is 12.8. The molecule has 1 unspecified atom stereocenters. The van der Waals surface area contributed by atoms with Crippen molar-refractivity contribution >= 4 is 11.6 Å². The molecule has 0 saturated carbocycles. The maximum absolute atomic E-state index is 12.8. The Labute approximate surface area is 139 Å². The predicted molar refractivity (Wildman–Crippen MR) is 96.6 cm³/mol. The molecule has 122 valence electrons. The lowest BCUT2D eigenvalue weighted by Crippen LogP contribution is -2.24. The summed E-state index contributed by atoms with van der Waals surface area (Å²) in [6, 6.07) is 8.44. The zero-order chi connectivity index (χ0) is 16.6. The van der Waals surface area contributed by atoms with Crippen molar-refractivity contribution in [3.05, 3.63) is 53.1 Å². The average molecular weight is 309 g/mol. The van der Waals surface area contributed by atoms with E-state index in [1.807, 2.05) is 4.90 Å². The molecular weight excluding hydrogens is 282 g/mol. The Hall–Kier alpha value is -1.83. The molecular formula is C21H27NO. The number of rotatable bonds is 4. The van der Waals surface area contributed by atoms with E-state index in [0.29, 0.717) is 17.8 Å². The minimum atomic E-state index is 0.169. The molecule has 3 rings (SSSR count). The summed E-state index contributed by atoms with van der Waals surface area (Å²) in [7, 11) is 0. The Morgan fingerprint density at radius 2 is 1.83 bits per heavy atom. The second-order valence-electron chi connectivity index (χ2n) is 7.57. The standard InChI is InChI=1S/C21H27NO/c1-14(2)11-16-5-6-18-13-22(21(23)20(18)12-16)19-9-7-17(8-10-19)15(3)4/h6-10,12,14-16H,5,11,13H2,1-4H3. The molecule has 2 nitrogen and oxygen atoms in total. The quantitative estimate of drug-likeness (QED) is 0.760. The zero-order valence-corrected chi connectivity index (χ0v) is 14.7. The van der Waals surface area contributed by atoms with E-state index in [0.717, 1.165) is 30.6 Å². The number of nitrogens with zero attached hydrogens (tertiary/aromatic N) is 1. The van der Waals surface area contributed by atoms with Crippen LogP contribution in [-0.2, 0) is 4.79 Å². The normalized spacial score (nSPS) is 20.9. The van der Waals surface area contributed by atoms with Gasteiger partial charge in [-0.05, 0) is 53.9 Å². The minimum absolute atomic E-state index is 0.169. The molecule has 1 amide bonds. The van der Waals surface area contributed by atoms with E-state index in [-0.39, 0.29) is 5.91 Å². The summed E-state index contributed by atoms with van der Waals surface area (Å²) in [6.07, 6.45) is 6.73. The minimum Gasteiger partial charge on any atom is -0.304 e. The monoisotopic (exact) mass is 309 g/mol. The summed E-state index contributed by atoms with van der Waals surface area (Å²) in [5.41, 5.74) is 4.47. The van der Waals surface area contributed by atoms with E-state index in [1.54, 1.807) is 0 Å². The SMILES string of the molecule is CC(C)CC1C=C2C(=O)N(c3ccc(C(C)C)cc3)CC2=CC1. The van der Waals surface area contributed by atoms with Crippen molar-refractivity contribution in [2.75, 3.05) is 11.4 Å². The van der Waals surface area contributed by atoms with E-state index in [4.69, 9.17) is 0 Å². The molecule has 1 fully saturated rings. The summed E-state index contributed by atoms with van der Waals surface area (Å²) in [6.45, 7) is 9.60. The average Bonchev–Trinajstić information content (AvgIpc) is 2.84. The Bertz CT molecular complexity index is 649. The molecule has 0 radical (unpaired) electrons. The number of amides is 1. The Morgan fingerprint density at radius 1 is 1.13 bits per heavy atom. The predicted octanol–water partition coefficient (Wildman–Crippen LogP) is 5.08. The van der Waals surface area contributed by atoms with Crippen LogP contribution in [0.2, 0.25) is 0 Å². The van der Waals surface area contributed by atoms with E-state index in [9.17, 15) is 4.79 Å². The van der Waals surface area contributed by atoms with Crippen LogP contribution in [-0.4, -0.2) is 12.5 Å². The van der Waals surface area contributed by atoms with Crippen LogP contribution in [0.5, 0.6) is 0 Å².